The lowest BCUT2D eigenvalue weighted by Crippen LogP contribution is -2.17. The lowest BCUT2D eigenvalue weighted by atomic mass is 9.82. The van der Waals surface area contributed by atoms with Crippen molar-refractivity contribution >= 4 is 29.5 Å². The molecule has 0 spiro atoms. The number of carbonyl (C=O) groups is 1. The molecule has 6 heteroatoms. The van der Waals surface area contributed by atoms with Crippen molar-refractivity contribution in [3.05, 3.63) is 45.2 Å². The molecule has 1 aromatic heterocycles. The molecule has 0 bridgehead atoms. The van der Waals surface area contributed by atoms with Gasteiger partial charge in [0, 0.05) is 16.0 Å². The Hall–Kier alpha value is -1.39. The second-order valence-electron chi connectivity index (χ2n) is 5.00. The van der Waals surface area contributed by atoms with Gasteiger partial charge in [-0.2, -0.15) is 0 Å². The van der Waals surface area contributed by atoms with Crippen molar-refractivity contribution in [2.24, 2.45) is 0 Å². The maximum absolute atomic E-state index is 11.1. The van der Waals surface area contributed by atoms with Gasteiger partial charge in [-0.05, 0) is 30.5 Å². The molecule has 0 aliphatic heterocycles. The van der Waals surface area contributed by atoms with Crippen molar-refractivity contribution in [1.82, 2.24) is 15.0 Å². The summed E-state index contributed by atoms with van der Waals surface area (Å²) in [7, 11) is 0. The second-order valence-corrected chi connectivity index (χ2v) is 5.84. The van der Waals surface area contributed by atoms with Crippen molar-refractivity contribution in [3.63, 3.8) is 0 Å². The van der Waals surface area contributed by atoms with Crippen molar-refractivity contribution in [3.8, 4) is 0 Å². The summed E-state index contributed by atoms with van der Waals surface area (Å²) in [5, 5.41) is 9.25. The van der Waals surface area contributed by atoms with E-state index in [-0.39, 0.29) is 0 Å². The van der Waals surface area contributed by atoms with Crippen molar-refractivity contribution in [2.45, 2.75) is 31.7 Å². The van der Waals surface area contributed by atoms with E-state index < -0.39 is 0 Å². The predicted molar refractivity (Wildman–Crippen MR) is 77.6 cm³/mol. The van der Waals surface area contributed by atoms with Crippen LogP contribution in [0.15, 0.2) is 18.2 Å². The molecule has 1 fully saturated rings. The summed E-state index contributed by atoms with van der Waals surface area (Å²) in [5.41, 5.74) is 2.29. The summed E-state index contributed by atoms with van der Waals surface area (Å²) in [5.74, 6) is 0.385. The molecule has 0 radical (unpaired) electrons. The highest BCUT2D eigenvalue weighted by molar-refractivity contribution is 6.35. The van der Waals surface area contributed by atoms with Gasteiger partial charge in [0.05, 0.1) is 12.2 Å². The molecule has 3 rings (SSSR count). The van der Waals surface area contributed by atoms with Crippen LogP contribution in [-0.4, -0.2) is 21.3 Å². The summed E-state index contributed by atoms with van der Waals surface area (Å²) >= 11 is 12.1. The molecule has 0 saturated heterocycles. The van der Waals surface area contributed by atoms with Crippen LogP contribution in [0.4, 0.5) is 0 Å². The molecule has 0 unspecified atom stereocenters. The third kappa shape index (κ3) is 2.45. The first-order chi connectivity index (χ1) is 9.69. The first kappa shape index (κ1) is 13.6. The van der Waals surface area contributed by atoms with E-state index >= 15 is 0 Å². The Morgan fingerprint density at radius 2 is 2.15 bits per heavy atom. The molecule has 1 heterocycles. The van der Waals surface area contributed by atoms with Crippen LogP contribution in [0.25, 0.3) is 0 Å². The van der Waals surface area contributed by atoms with Gasteiger partial charge in [-0.3, -0.25) is 4.79 Å². The highest BCUT2D eigenvalue weighted by Crippen LogP contribution is 2.37. The molecular formula is C14H13Cl2N3O. The Kier molecular flexibility index (Phi) is 3.76. The Balaban J connectivity index is 1.94. The van der Waals surface area contributed by atoms with Gasteiger partial charge >= 0.3 is 0 Å². The van der Waals surface area contributed by atoms with E-state index in [1.54, 1.807) is 16.8 Å². The average molecular weight is 310 g/mol. The van der Waals surface area contributed by atoms with Gasteiger partial charge in [-0.1, -0.05) is 40.9 Å². The highest BCUT2D eigenvalue weighted by Gasteiger charge is 2.27. The van der Waals surface area contributed by atoms with Crippen molar-refractivity contribution in [2.75, 3.05) is 0 Å². The molecule has 0 atom stereocenters. The third-order valence-corrected chi connectivity index (χ3v) is 4.33. The number of benzene rings is 1. The normalized spacial score (nSPS) is 15.1. The molecule has 1 aliphatic rings. The van der Waals surface area contributed by atoms with Gasteiger partial charge in [-0.25, -0.2) is 4.68 Å². The molecule has 104 valence electrons. The molecule has 2 aromatic rings. The van der Waals surface area contributed by atoms with Crippen LogP contribution in [0.1, 0.15) is 46.9 Å². The number of carbonyl (C=O) groups excluding carboxylic acids is 1. The number of hydrogen-bond donors (Lipinski definition) is 0. The van der Waals surface area contributed by atoms with E-state index in [0.717, 1.165) is 30.4 Å². The van der Waals surface area contributed by atoms with Crippen LogP contribution < -0.4 is 0 Å². The molecule has 20 heavy (non-hydrogen) atoms. The Bertz CT molecular complexity index is 650. The van der Waals surface area contributed by atoms with E-state index in [0.29, 0.717) is 28.2 Å². The summed E-state index contributed by atoms with van der Waals surface area (Å²) in [6.45, 7) is 0.503. The first-order valence-electron chi connectivity index (χ1n) is 6.51. The minimum absolute atomic E-state index is 0.385. The average Bonchev–Trinajstić information content (AvgIpc) is 2.74. The predicted octanol–water partition coefficient (Wildman–Crippen LogP) is 3.71. The monoisotopic (exact) mass is 309 g/mol. The standard InChI is InChI=1S/C14H13Cl2N3O/c15-11-5-4-10(12(16)6-11)7-19-14(9-2-1-3-9)13(8-20)17-18-19/h4-6,8-9H,1-3,7H2. The lowest BCUT2D eigenvalue weighted by molar-refractivity contribution is 0.111. The Morgan fingerprint density at radius 3 is 2.75 bits per heavy atom. The summed E-state index contributed by atoms with van der Waals surface area (Å²) < 4.78 is 1.78. The van der Waals surface area contributed by atoms with Crippen LogP contribution in [0, 0.1) is 0 Å². The van der Waals surface area contributed by atoms with Gasteiger partial charge in [0.25, 0.3) is 0 Å². The topological polar surface area (TPSA) is 47.8 Å². The summed E-state index contributed by atoms with van der Waals surface area (Å²) in [4.78, 5) is 11.1. The number of aldehydes is 1. The molecule has 1 saturated carbocycles. The van der Waals surface area contributed by atoms with E-state index in [4.69, 9.17) is 23.2 Å². The minimum Gasteiger partial charge on any atom is -0.296 e. The van der Waals surface area contributed by atoms with Gasteiger partial charge in [0.15, 0.2) is 6.29 Å². The second kappa shape index (κ2) is 5.54. The number of nitrogens with zero attached hydrogens (tertiary/aromatic N) is 3. The number of hydrogen-bond acceptors (Lipinski definition) is 3. The SMILES string of the molecule is O=Cc1nnn(Cc2ccc(Cl)cc2Cl)c1C1CCC1. The molecular weight excluding hydrogens is 297 g/mol. The van der Waals surface area contributed by atoms with Crippen LogP contribution in [0.3, 0.4) is 0 Å². The molecule has 1 aliphatic carbocycles. The van der Waals surface area contributed by atoms with E-state index in [1.165, 1.54) is 6.42 Å². The minimum atomic E-state index is 0.385. The zero-order chi connectivity index (χ0) is 14.1. The molecule has 0 amide bonds. The van der Waals surface area contributed by atoms with Gasteiger partial charge in [0.2, 0.25) is 0 Å². The zero-order valence-electron chi connectivity index (χ0n) is 10.7. The van der Waals surface area contributed by atoms with E-state index in [9.17, 15) is 4.79 Å². The quantitative estimate of drug-likeness (QED) is 0.809. The van der Waals surface area contributed by atoms with Crippen LogP contribution in [-0.2, 0) is 6.54 Å². The Labute approximate surface area is 126 Å². The fourth-order valence-corrected chi connectivity index (χ4v) is 2.92. The smallest absolute Gasteiger partial charge is 0.172 e. The van der Waals surface area contributed by atoms with Crippen LogP contribution in [0.2, 0.25) is 10.0 Å². The fraction of sp³-hybridized carbons (Fsp3) is 0.357. The first-order valence-corrected chi connectivity index (χ1v) is 7.27. The maximum Gasteiger partial charge on any atom is 0.172 e. The van der Waals surface area contributed by atoms with Gasteiger partial charge in [-0.15, -0.1) is 5.10 Å². The number of aromatic nitrogens is 3. The van der Waals surface area contributed by atoms with Crippen molar-refractivity contribution < 1.29 is 4.79 Å². The van der Waals surface area contributed by atoms with Crippen LogP contribution in [0.5, 0.6) is 0 Å². The molecule has 4 nitrogen and oxygen atoms in total. The third-order valence-electron chi connectivity index (χ3n) is 3.74. The number of halogens is 2. The zero-order valence-corrected chi connectivity index (χ0v) is 12.2. The molecule has 1 aromatic carbocycles. The van der Waals surface area contributed by atoms with E-state index in [1.807, 2.05) is 6.07 Å². The Morgan fingerprint density at radius 1 is 1.35 bits per heavy atom. The van der Waals surface area contributed by atoms with Gasteiger partial charge < -0.3 is 0 Å². The lowest BCUT2D eigenvalue weighted by Gasteiger charge is -2.26. The fourth-order valence-electron chi connectivity index (χ4n) is 2.45. The molecule has 0 N–H and O–H groups in total. The summed E-state index contributed by atoms with van der Waals surface area (Å²) in [6, 6.07) is 5.37. The largest absolute Gasteiger partial charge is 0.296 e. The highest BCUT2D eigenvalue weighted by atomic mass is 35.5. The number of rotatable bonds is 4. The van der Waals surface area contributed by atoms with Crippen LogP contribution >= 0.6 is 23.2 Å². The summed E-state index contributed by atoms with van der Waals surface area (Å²) in [6.07, 6.45) is 4.14. The van der Waals surface area contributed by atoms with Crippen molar-refractivity contribution in [1.29, 1.82) is 0 Å². The maximum atomic E-state index is 11.1. The van der Waals surface area contributed by atoms with Gasteiger partial charge in [0.1, 0.15) is 5.69 Å². The van der Waals surface area contributed by atoms with E-state index in [2.05, 4.69) is 10.3 Å².